The second kappa shape index (κ2) is 4.62. The van der Waals surface area contributed by atoms with Gasteiger partial charge in [0.05, 0.1) is 5.92 Å². The van der Waals surface area contributed by atoms with Gasteiger partial charge >= 0.3 is 5.97 Å². The molecule has 2 aliphatic carbocycles. The monoisotopic (exact) mass is 238 g/mol. The first-order valence-corrected chi connectivity index (χ1v) is 7.17. The number of fused-ring (bicyclic) bond motifs is 1. The Morgan fingerprint density at radius 2 is 2.06 bits per heavy atom. The van der Waals surface area contributed by atoms with Gasteiger partial charge in [-0.25, -0.2) is 0 Å². The fraction of sp³-hybridized carbons (Fsp3) is 0.933. The second-order valence-electron chi connectivity index (χ2n) is 6.79. The average molecular weight is 238 g/mol. The average Bonchev–Trinajstić information content (AvgIpc) is 2.27. The van der Waals surface area contributed by atoms with E-state index in [-0.39, 0.29) is 5.92 Å². The first kappa shape index (κ1) is 12.9. The lowest BCUT2D eigenvalue weighted by atomic mass is 9.54. The maximum atomic E-state index is 11.1. The Hall–Kier alpha value is -0.530. The number of carboxylic acids is 1. The number of aliphatic carboxylic acids is 1. The summed E-state index contributed by atoms with van der Waals surface area (Å²) in [6.07, 6.45) is 7.57. The summed E-state index contributed by atoms with van der Waals surface area (Å²) >= 11 is 0. The molecule has 0 amide bonds. The van der Waals surface area contributed by atoms with Gasteiger partial charge in [0.1, 0.15) is 0 Å². The lowest BCUT2D eigenvalue weighted by Gasteiger charge is -2.51. The highest BCUT2D eigenvalue weighted by Gasteiger charge is 2.45. The van der Waals surface area contributed by atoms with Gasteiger partial charge in [0.15, 0.2) is 0 Å². The van der Waals surface area contributed by atoms with E-state index in [2.05, 4.69) is 13.8 Å². The molecule has 0 spiro atoms. The molecule has 2 saturated carbocycles. The Balaban J connectivity index is 2.08. The largest absolute Gasteiger partial charge is 0.481 e. The smallest absolute Gasteiger partial charge is 0.306 e. The molecule has 0 bridgehead atoms. The van der Waals surface area contributed by atoms with Crippen LogP contribution in [-0.2, 0) is 4.79 Å². The summed E-state index contributed by atoms with van der Waals surface area (Å²) in [5.74, 6) is 1.19. The van der Waals surface area contributed by atoms with Gasteiger partial charge in [-0.2, -0.15) is 0 Å². The van der Waals surface area contributed by atoms with E-state index in [0.29, 0.717) is 11.3 Å². The molecule has 2 fully saturated rings. The molecule has 5 atom stereocenters. The minimum Gasteiger partial charge on any atom is -0.481 e. The van der Waals surface area contributed by atoms with Crippen LogP contribution in [0.4, 0.5) is 0 Å². The molecule has 2 aliphatic rings. The Kier molecular flexibility index (Phi) is 3.51. The molecule has 2 rings (SSSR count). The van der Waals surface area contributed by atoms with E-state index >= 15 is 0 Å². The summed E-state index contributed by atoms with van der Waals surface area (Å²) in [5, 5.41) is 9.16. The highest BCUT2D eigenvalue weighted by atomic mass is 16.4. The molecule has 17 heavy (non-hydrogen) atoms. The van der Waals surface area contributed by atoms with E-state index in [1.807, 2.05) is 6.92 Å². The minimum absolute atomic E-state index is 0.159. The predicted molar refractivity (Wildman–Crippen MR) is 68.8 cm³/mol. The van der Waals surface area contributed by atoms with Gasteiger partial charge in [-0.3, -0.25) is 4.79 Å². The summed E-state index contributed by atoms with van der Waals surface area (Å²) in [6.45, 7) is 6.70. The van der Waals surface area contributed by atoms with Crippen molar-refractivity contribution in [3.63, 3.8) is 0 Å². The van der Waals surface area contributed by atoms with Gasteiger partial charge in [-0.15, -0.1) is 0 Å². The van der Waals surface area contributed by atoms with Crippen molar-refractivity contribution < 1.29 is 9.90 Å². The van der Waals surface area contributed by atoms with Crippen LogP contribution in [0.15, 0.2) is 0 Å². The molecule has 2 heteroatoms. The molecular formula is C15H26O2. The van der Waals surface area contributed by atoms with E-state index in [1.165, 1.54) is 25.7 Å². The van der Waals surface area contributed by atoms with Gasteiger partial charge in [0.2, 0.25) is 0 Å². The Labute approximate surface area is 105 Å². The molecule has 1 N–H and O–H groups in total. The van der Waals surface area contributed by atoms with Crippen LogP contribution in [0.3, 0.4) is 0 Å². The summed E-state index contributed by atoms with van der Waals surface area (Å²) < 4.78 is 0. The van der Waals surface area contributed by atoms with E-state index < -0.39 is 5.97 Å². The van der Waals surface area contributed by atoms with Crippen molar-refractivity contribution in [2.24, 2.45) is 29.1 Å². The fourth-order valence-electron chi connectivity index (χ4n) is 4.34. The third-order valence-electron chi connectivity index (χ3n) is 5.73. The van der Waals surface area contributed by atoms with Crippen LogP contribution in [0.5, 0.6) is 0 Å². The first-order valence-electron chi connectivity index (χ1n) is 7.17. The second-order valence-corrected chi connectivity index (χ2v) is 6.79. The zero-order valence-corrected chi connectivity index (χ0v) is 11.4. The quantitative estimate of drug-likeness (QED) is 0.791. The van der Waals surface area contributed by atoms with Gasteiger partial charge in [-0.1, -0.05) is 33.6 Å². The van der Waals surface area contributed by atoms with Crippen molar-refractivity contribution in [3.8, 4) is 0 Å². The third kappa shape index (κ3) is 2.36. The summed E-state index contributed by atoms with van der Waals surface area (Å²) in [5.41, 5.74) is 0.506. The molecular weight excluding hydrogens is 212 g/mol. The molecule has 98 valence electrons. The molecule has 0 heterocycles. The summed E-state index contributed by atoms with van der Waals surface area (Å²) in [7, 11) is 0. The van der Waals surface area contributed by atoms with Crippen LogP contribution in [0.2, 0.25) is 0 Å². The Morgan fingerprint density at radius 1 is 1.35 bits per heavy atom. The van der Waals surface area contributed by atoms with Crippen molar-refractivity contribution in [1.29, 1.82) is 0 Å². The van der Waals surface area contributed by atoms with Crippen LogP contribution in [0.25, 0.3) is 0 Å². The molecule has 0 radical (unpaired) electrons. The molecule has 0 aromatic heterocycles. The lowest BCUT2D eigenvalue weighted by molar-refractivity contribution is -0.144. The van der Waals surface area contributed by atoms with Crippen molar-refractivity contribution in [2.75, 3.05) is 0 Å². The molecule has 0 aromatic carbocycles. The Bertz CT molecular complexity index is 299. The number of carboxylic acid groups (broad SMARTS) is 1. The lowest BCUT2D eigenvalue weighted by Crippen LogP contribution is -2.42. The highest BCUT2D eigenvalue weighted by molar-refractivity contribution is 5.69. The molecule has 0 aromatic rings. The molecule has 0 saturated heterocycles. The number of hydrogen-bond acceptors (Lipinski definition) is 1. The summed E-state index contributed by atoms with van der Waals surface area (Å²) in [6, 6.07) is 0. The SMILES string of the molecule is C[C@@H]1CCC[C@]2(C)CC[C@H]([C@@H](C)C(=O)O)C[C@H]12. The normalized spacial score (nSPS) is 43.8. The van der Waals surface area contributed by atoms with Crippen molar-refractivity contribution >= 4 is 5.97 Å². The third-order valence-corrected chi connectivity index (χ3v) is 5.73. The topological polar surface area (TPSA) is 37.3 Å². The number of carbonyl (C=O) groups is 1. The van der Waals surface area contributed by atoms with E-state index in [9.17, 15) is 4.79 Å². The number of rotatable bonds is 2. The Morgan fingerprint density at radius 3 is 2.71 bits per heavy atom. The van der Waals surface area contributed by atoms with E-state index in [0.717, 1.165) is 24.7 Å². The number of hydrogen-bond donors (Lipinski definition) is 1. The fourth-order valence-corrected chi connectivity index (χ4v) is 4.34. The summed E-state index contributed by atoms with van der Waals surface area (Å²) in [4.78, 5) is 11.1. The van der Waals surface area contributed by atoms with Crippen LogP contribution < -0.4 is 0 Å². The molecule has 0 unspecified atom stereocenters. The highest BCUT2D eigenvalue weighted by Crippen LogP contribution is 2.54. The van der Waals surface area contributed by atoms with Crippen LogP contribution in [-0.4, -0.2) is 11.1 Å². The molecule has 0 aliphatic heterocycles. The van der Waals surface area contributed by atoms with E-state index in [1.54, 1.807) is 0 Å². The van der Waals surface area contributed by atoms with Gasteiger partial charge < -0.3 is 5.11 Å². The minimum atomic E-state index is -0.609. The van der Waals surface area contributed by atoms with Crippen LogP contribution in [0.1, 0.15) is 59.3 Å². The maximum absolute atomic E-state index is 11.1. The van der Waals surface area contributed by atoms with Gasteiger partial charge in [0, 0.05) is 0 Å². The van der Waals surface area contributed by atoms with Gasteiger partial charge in [-0.05, 0) is 48.9 Å². The zero-order valence-electron chi connectivity index (χ0n) is 11.4. The van der Waals surface area contributed by atoms with E-state index in [4.69, 9.17) is 5.11 Å². The predicted octanol–water partition coefficient (Wildman–Crippen LogP) is 3.95. The van der Waals surface area contributed by atoms with Gasteiger partial charge in [0.25, 0.3) is 0 Å². The first-order chi connectivity index (χ1) is 7.94. The maximum Gasteiger partial charge on any atom is 0.306 e. The van der Waals surface area contributed by atoms with Crippen LogP contribution >= 0.6 is 0 Å². The van der Waals surface area contributed by atoms with Crippen LogP contribution in [0, 0.1) is 29.1 Å². The molecule has 2 nitrogen and oxygen atoms in total. The van der Waals surface area contributed by atoms with Crippen molar-refractivity contribution in [2.45, 2.75) is 59.3 Å². The zero-order chi connectivity index (χ0) is 12.6. The van der Waals surface area contributed by atoms with Crippen molar-refractivity contribution in [3.05, 3.63) is 0 Å². The standard InChI is InChI=1S/C15H26O2/c1-10-5-4-7-15(3)8-6-12(9-13(10)15)11(2)14(16)17/h10-13H,4-9H2,1-3H3,(H,16,17)/t10-,11-,12+,13-,15-/m1/s1. The van der Waals surface area contributed by atoms with Crippen molar-refractivity contribution in [1.82, 2.24) is 0 Å².